The zero-order valence-electron chi connectivity index (χ0n) is 15.1. The van der Waals surface area contributed by atoms with Gasteiger partial charge in [0.25, 0.3) is 0 Å². The van der Waals surface area contributed by atoms with E-state index in [0.717, 1.165) is 26.2 Å². The summed E-state index contributed by atoms with van der Waals surface area (Å²) < 4.78 is 41.3. The molecule has 1 heterocycles. The first-order chi connectivity index (χ1) is 12.9. The molecule has 2 aromatic carbocycles. The quantitative estimate of drug-likeness (QED) is 0.794. The predicted molar refractivity (Wildman–Crippen MR) is 106 cm³/mol. The number of halogens is 2. The van der Waals surface area contributed by atoms with Gasteiger partial charge in [0.2, 0.25) is 10.0 Å². The van der Waals surface area contributed by atoms with Crippen LogP contribution >= 0.6 is 11.6 Å². The highest BCUT2D eigenvalue weighted by atomic mass is 35.5. The van der Waals surface area contributed by atoms with Gasteiger partial charge >= 0.3 is 0 Å². The summed E-state index contributed by atoms with van der Waals surface area (Å²) in [5.41, 5.74) is 1.20. The third kappa shape index (κ3) is 4.79. The fraction of sp³-hybridized carbons (Fsp3) is 0.368. The predicted octanol–water partition coefficient (Wildman–Crippen LogP) is 2.97. The van der Waals surface area contributed by atoms with Crippen LogP contribution in [0.25, 0.3) is 0 Å². The van der Waals surface area contributed by atoms with Crippen molar-refractivity contribution in [3.8, 4) is 0 Å². The topological polar surface area (TPSA) is 52.7 Å². The van der Waals surface area contributed by atoms with Crippen LogP contribution in [-0.4, -0.2) is 52.1 Å². The van der Waals surface area contributed by atoms with Gasteiger partial charge in [0, 0.05) is 44.5 Å². The van der Waals surface area contributed by atoms with E-state index in [1.165, 1.54) is 23.9 Å². The molecule has 0 radical (unpaired) electrons. The van der Waals surface area contributed by atoms with Gasteiger partial charge in [-0.25, -0.2) is 17.5 Å². The van der Waals surface area contributed by atoms with Crippen molar-refractivity contribution in [3.63, 3.8) is 0 Å². The fourth-order valence-electron chi connectivity index (χ4n) is 3.19. The summed E-state index contributed by atoms with van der Waals surface area (Å²) in [7, 11) is -3.95. The van der Waals surface area contributed by atoms with Gasteiger partial charge in [0.05, 0.1) is 5.02 Å². The van der Waals surface area contributed by atoms with E-state index in [-0.39, 0.29) is 17.6 Å². The average molecular weight is 412 g/mol. The van der Waals surface area contributed by atoms with E-state index in [4.69, 9.17) is 11.6 Å². The minimum absolute atomic E-state index is 0.0000521. The van der Waals surface area contributed by atoms with E-state index in [1.54, 1.807) is 0 Å². The second-order valence-corrected chi connectivity index (χ2v) is 8.75. The molecule has 1 atom stereocenters. The van der Waals surface area contributed by atoms with Crippen LogP contribution in [0, 0.1) is 5.82 Å². The van der Waals surface area contributed by atoms with Crippen molar-refractivity contribution in [1.82, 2.24) is 9.62 Å². The lowest BCUT2D eigenvalue weighted by Gasteiger charge is -2.39. The number of hydrogen-bond acceptors (Lipinski definition) is 4. The summed E-state index contributed by atoms with van der Waals surface area (Å²) in [4.78, 5) is 4.13. The smallest absolute Gasteiger partial charge is 0.243 e. The number of nitrogens with zero attached hydrogens (tertiary/aromatic N) is 2. The molecule has 1 aliphatic rings. The third-order valence-corrected chi connectivity index (χ3v) is 6.57. The van der Waals surface area contributed by atoms with Crippen LogP contribution in [0.1, 0.15) is 6.92 Å². The largest absolute Gasteiger partial charge is 0.369 e. The Morgan fingerprint density at radius 2 is 1.74 bits per heavy atom. The Balaban J connectivity index is 1.55. The first-order valence-corrected chi connectivity index (χ1v) is 10.7. The molecule has 3 rings (SSSR count). The van der Waals surface area contributed by atoms with E-state index < -0.39 is 20.7 Å². The van der Waals surface area contributed by atoms with Gasteiger partial charge in [-0.1, -0.05) is 35.9 Å². The standard InChI is InChI=1S/C19H23ClFN3O2S/c1-15(14-22-27(25,26)18-9-5-8-17(20)19(18)21)23-10-12-24(13-11-23)16-6-3-2-4-7-16/h2-9,15,22H,10-14H2,1H3. The van der Waals surface area contributed by atoms with Crippen LogP contribution in [0.2, 0.25) is 5.02 Å². The zero-order valence-corrected chi connectivity index (χ0v) is 16.7. The monoisotopic (exact) mass is 411 g/mol. The molecule has 1 aliphatic heterocycles. The first kappa shape index (κ1) is 20.1. The van der Waals surface area contributed by atoms with Crippen molar-refractivity contribution < 1.29 is 12.8 Å². The van der Waals surface area contributed by atoms with Crippen molar-refractivity contribution in [1.29, 1.82) is 0 Å². The Morgan fingerprint density at radius 3 is 2.41 bits per heavy atom. The molecule has 0 bridgehead atoms. The highest BCUT2D eigenvalue weighted by Crippen LogP contribution is 2.22. The van der Waals surface area contributed by atoms with Crippen LogP contribution in [-0.2, 0) is 10.0 Å². The number of piperazine rings is 1. The molecule has 1 fully saturated rings. The molecular formula is C19H23ClFN3O2S. The van der Waals surface area contributed by atoms with Gasteiger partial charge < -0.3 is 4.90 Å². The highest BCUT2D eigenvalue weighted by molar-refractivity contribution is 7.89. The minimum atomic E-state index is -3.95. The summed E-state index contributed by atoms with van der Waals surface area (Å²) in [5, 5.41) is -0.206. The maximum atomic E-state index is 14.0. The Bertz CT molecular complexity index is 872. The van der Waals surface area contributed by atoms with Gasteiger partial charge in [-0.15, -0.1) is 0 Å². The second-order valence-electron chi connectivity index (χ2n) is 6.61. The Hall–Kier alpha value is -1.67. The minimum Gasteiger partial charge on any atom is -0.369 e. The van der Waals surface area contributed by atoms with E-state index in [0.29, 0.717) is 0 Å². The van der Waals surface area contributed by atoms with Crippen LogP contribution < -0.4 is 9.62 Å². The molecule has 0 amide bonds. The van der Waals surface area contributed by atoms with Gasteiger partial charge in [-0.05, 0) is 31.2 Å². The number of anilines is 1. The lowest BCUT2D eigenvalue weighted by molar-refractivity contribution is 0.198. The van der Waals surface area contributed by atoms with Gasteiger partial charge in [0.1, 0.15) is 4.90 Å². The second kappa shape index (κ2) is 8.56. The SMILES string of the molecule is CC(CNS(=O)(=O)c1cccc(Cl)c1F)N1CCN(c2ccccc2)CC1. The lowest BCUT2D eigenvalue weighted by Crippen LogP contribution is -2.52. The maximum Gasteiger partial charge on any atom is 0.243 e. The third-order valence-electron chi connectivity index (χ3n) is 4.83. The van der Waals surface area contributed by atoms with Crippen LogP contribution in [0.3, 0.4) is 0 Å². The van der Waals surface area contributed by atoms with E-state index in [2.05, 4.69) is 26.7 Å². The summed E-state index contributed by atoms with van der Waals surface area (Å²) in [5.74, 6) is -0.921. The Labute approximate surface area is 164 Å². The summed E-state index contributed by atoms with van der Waals surface area (Å²) >= 11 is 5.69. The number of nitrogens with one attached hydrogen (secondary N) is 1. The molecule has 146 valence electrons. The molecule has 1 unspecified atom stereocenters. The van der Waals surface area contributed by atoms with Crippen molar-refractivity contribution in [2.24, 2.45) is 0 Å². The van der Waals surface area contributed by atoms with Crippen LogP contribution in [0.4, 0.5) is 10.1 Å². The van der Waals surface area contributed by atoms with Crippen LogP contribution in [0.5, 0.6) is 0 Å². The summed E-state index contributed by atoms with van der Waals surface area (Å²) in [6, 6.07) is 14.2. The summed E-state index contributed by atoms with van der Waals surface area (Å²) in [6.45, 7) is 5.61. The fourth-order valence-corrected chi connectivity index (χ4v) is 4.64. The van der Waals surface area contributed by atoms with E-state index in [1.807, 2.05) is 25.1 Å². The molecule has 1 saturated heterocycles. The Kier molecular flexibility index (Phi) is 6.37. The molecule has 0 aliphatic carbocycles. The molecule has 8 heteroatoms. The number of rotatable bonds is 6. The van der Waals surface area contributed by atoms with Crippen molar-refractivity contribution >= 4 is 27.3 Å². The van der Waals surface area contributed by atoms with Crippen molar-refractivity contribution in [2.45, 2.75) is 17.9 Å². The molecule has 0 saturated carbocycles. The molecule has 27 heavy (non-hydrogen) atoms. The number of para-hydroxylation sites is 1. The zero-order chi connectivity index (χ0) is 19.4. The number of sulfonamides is 1. The van der Waals surface area contributed by atoms with E-state index >= 15 is 0 Å². The first-order valence-electron chi connectivity index (χ1n) is 8.86. The highest BCUT2D eigenvalue weighted by Gasteiger charge is 2.25. The molecule has 2 aromatic rings. The van der Waals surface area contributed by atoms with E-state index in [9.17, 15) is 12.8 Å². The normalized spacial score (nSPS) is 17.1. The van der Waals surface area contributed by atoms with Crippen molar-refractivity contribution in [2.75, 3.05) is 37.6 Å². The molecule has 0 spiro atoms. The van der Waals surface area contributed by atoms with Gasteiger partial charge in [0.15, 0.2) is 5.82 Å². The van der Waals surface area contributed by atoms with Gasteiger partial charge in [-0.3, -0.25) is 4.90 Å². The molecule has 0 aromatic heterocycles. The molecule has 5 nitrogen and oxygen atoms in total. The average Bonchev–Trinajstić information content (AvgIpc) is 2.69. The number of hydrogen-bond donors (Lipinski definition) is 1. The molecule has 1 N–H and O–H groups in total. The lowest BCUT2D eigenvalue weighted by atomic mass is 10.2. The molecular weight excluding hydrogens is 389 g/mol. The summed E-state index contributed by atoms with van der Waals surface area (Å²) in [6.07, 6.45) is 0. The maximum absolute atomic E-state index is 14.0. The van der Waals surface area contributed by atoms with Crippen molar-refractivity contribution in [3.05, 3.63) is 59.4 Å². The van der Waals surface area contributed by atoms with Gasteiger partial charge in [-0.2, -0.15) is 0 Å². The number of benzene rings is 2. The van der Waals surface area contributed by atoms with Crippen LogP contribution in [0.15, 0.2) is 53.4 Å². The Morgan fingerprint density at radius 1 is 1.07 bits per heavy atom.